The minimum Gasteiger partial charge on any atom is -0.313 e. The summed E-state index contributed by atoms with van der Waals surface area (Å²) in [5.74, 6) is 1.83. The smallest absolute Gasteiger partial charge is 0.0406 e. The molecule has 0 spiro atoms. The Morgan fingerprint density at radius 2 is 1.88 bits per heavy atom. The number of rotatable bonds is 7. The molecule has 2 unspecified atom stereocenters. The van der Waals surface area contributed by atoms with E-state index in [0.717, 1.165) is 23.2 Å². The SMILES string of the molecule is CCNC(CSc1ccc(Cl)cc1)C(C)CC. The van der Waals surface area contributed by atoms with E-state index in [-0.39, 0.29) is 0 Å². The average Bonchev–Trinajstić information content (AvgIpc) is 2.35. The number of nitrogens with one attached hydrogen (secondary N) is 1. The van der Waals surface area contributed by atoms with Gasteiger partial charge < -0.3 is 5.32 Å². The standard InChI is InChI=1S/C14H22ClNS/c1-4-11(3)14(16-5-2)10-17-13-8-6-12(15)7-9-13/h6-9,11,14,16H,4-5,10H2,1-3H3. The van der Waals surface area contributed by atoms with Crippen molar-refractivity contribution in [2.24, 2.45) is 5.92 Å². The first kappa shape index (κ1) is 14.9. The molecule has 1 aromatic rings. The Morgan fingerprint density at radius 1 is 1.24 bits per heavy atom. The van der Waals surface area contributed by atoms with E-state index in [9.17, 15) is 0 Å². The van der Waals surface area contributed by atoms with Crippen LogP contribution in [-0.4, -0.2) is 18.3 Å². The Balaban J connectivity index is 2.48. The van der Waals surface area contributed by atoms with Crippen molar-refractivity contribution in [3.8, 4) is 0 Å². The fraction of sp³-hybridized carbons (Fsp3) is 0.571. The lowest BCUT2D eigenvalue weighted by Crippen LogP contribution is -2.36. The predicted octanol–water partition coefficient (Wildman–Crippen LogP) is 4.46. The summed E-state index contributed by atoms with van der Waals surface area (Å²) in [6.45, 7) is 7.77. The van der Waals surface area contributed by atoms with Crippen LogP contribution < -0.4 is 5.32 Å². The number of benzene rings is 1. The second-order valence-electron chi connectivity index (χ2n) is 4.31. The third kappa shape index (κ3) is 5.33. The Hall–Kier alpha value is -0.180. The van der Waals surface area contributed by atoms with Crippen LogP contribution in [0.4, 0.5) is 0 Å². The molecule has 0 aliphatic heterocycles. The van der Waals surface area contributed by atoms with Gasteiger partial charge in [-0.25, -0.2) is 0 Å². The molecule has 0 fully saturated rings. The third-order valence-electron chi connectivity index (χ3n) is 3.04. The zero-order valence-corrected chi connectivity index (χ0v) is 12.4. The topological polar surface area (TPSA) is 12.0 Å². The average molecular weight is 272 g/mol. The molecule has 1 aromatic carbocycles. The van der Waals surface area contributed by atoms with Gasteiger partial charge in [-0.3, -0.25) is 0 Å². The molecule has 1 N–H and O–H groups in total. The molecule has 1 rings (SSSR count). The Bertz CT molecular complexity index is 313. The fourth-order valence-electron chi connectivity index (χ4n) is 1.69. The second-order valence-corrected chi connectivity index (χ2v) is 5.84. The van der Waals surface area contributed by atoms with E-state index in [2.05, 4.69) is 38.2 Å². The molecule has 0 aliphatic carbocycles. The molecule has 0 aromatic heterocycles. The maximum Gasteiger partial charge on any atom is 0.0406 e. The molecule has 96 valence electrons. The summed E-state index contributed by atoms with van der Waals surface area (Å²) >= 11 is 7.78. The van der Waals surface area contributed by atoms with Gasteiger partial charge in [-0.1, -0.05) is 38.8 Å². The maximum absolute atomic E-state index is 5.88. The van der Waals surface area contributed by atoms with Gasteiger partial charge in [0, 0.05) is 21.7 Å². The molecule has 2 atom stereocenters. The molecular weight excluding hydrogens is 250 g/mol. The molecule has 0 bridgehead atoms. The van der Waals surface area contributed by atoms with Crippen LogP contribution in [0.3, 0.4) is 0 Å². The van der Waals surface area contributed by atoms with Crippen LogP contribution in [0.5, 0.6) is 0 Å². The molecule has 0 saturated carbocycles. The van der Waals surface area contributed by atoms with Crippen LogP contribution >= 0.6 is 23.4 Å². The van der Waals surface area contributed by atoms with E-state index >= 15 is 0 Å². The van der Waals surface area contributed by atoms with Gasteiger partial charge in [-0.15, -0.1) is 11.8 Å². The van der Waals surface area contributed by atoms with Crippen molar-refractivity contribution in [1.82, 2.24) is 5.32 Å². The summed E-state index contributed by atoms with van der Waals surface area (Å²) in [7, 11) is 0. The van der Waals surface area contributed by atoms with Gasteiger partial charge >= 0.3 is 0 Å². The van der Waals surface area contributed by atoms with Crippen LogP contribution in [0, 0.1) is 5.92 Å². The normalized spacial score (nSPS) is 14.6. The molecule has 0 aliphatic rings. The highest BCUT2D eigenvalue weighted by Crippen LogP contribution is 2.23. The number of halogens is 1. The molecule has 0 radical (unpaired) electrons. The van der Waals surface area contributed by atoms with Crippen molar-refractivity contribution in [3.63, 3.8) is 0 Å². The molecule has 0 heterocycles. The van der Waals surface area contributed by atoms with Crippen LogP contribution in [0.15, 0.2) is 29.2 Å². The van der Waals surface area contributed by atoms with Crippen molar-refractivity contribution in [2.45, 2.75) is 38.1 Å². The van der Waals surface area contributed by atoms with Crippen molar-refractivity contribution >= 4 is 23.4 Å². The molecule has 0 saturated heterocycles. The summed E-state index contributed by atoms with van der Waals surface area (Å²) in [6.07, 6.45) is 1.22. The Kier molecular flexibility index (Phi) is 7.02. The third-order valence-corrected chi connectivity index (χ3v) is 4.42. The van der Waals surface area contributed by atoms with Gasteiger partial charge in [-0.2, -0.15) is 0 Å². The fourth-order valence-corrected chi connectivity index (χ4v) is 2.96. The zero-order chi connectivity index (χ0) is 12.7. The summed E-state index contributed by atoms with van der Waals surface area (Å²) in [4.78, 5) is 1.29. The lowest BCUT2D eigenvalue weighted by Gasteiger charge is -2.23. The number of hydrogen-bond donors (Lipinski definition) is 1. The number of hydrogen-bond acceptors (Lipinski definition) is 2. The highest BCUT2D eigenvalue weighted by atomic mass is 35.5. The van der Waals surface area contributed by atoms with Gasteiger partial charge in [0.15, 0.2) is 0 Å². The first-order valence-electron chi connectivity index (χ1n) is 6.29. The summed E-state index contributed by atoms with van der Waals surface area (Å²) in [5.41, 5.74) is 0. The van der Waals surface area contributed by atoms with Crippen LogP contribution in [0.25, 0.3) is 0 Å². The Labute approximate surface area is 114 Å². The van der Waals surface area contributed by atoms with Gasteiger partial charge in [0.25, 0.3) is 0 Å². The van der Waals surface area contributed by atoms with Gasteiger partial charge in [0.1, 0.15) is 0 Å². The van der Waals surface area contributed by atoms with E-state index in [0.29, 0.717) is 6.04 Å². The van der Waals surface area contributed by atoms with Crippen molar-refractivity contribution < 1.29 is 0 Å². The predicted molar refractivity (Wildman–Crippen MR) is 79.1 cm³/mol. The van der Waals surface area contributed by atoms with Gasteiger partial charge in [0.05, 0.1) is 0 Å². The summed E-state index contributed by atoms with van der Waals surface area (Å²) < 4.78 is 0. The van der Waals surface area contributed by atoms with E-state index in [1.165, 1.54) is 11.3 Å². The highest BCUT2D eigenvalue weighted by molar-refractivity contribution is 7.99. The van der Waals surface area contributed by atoms with Crippen LogP contribution in [0.1, 0.15) is 27.2 Å². The first-order valence-corrected chi connectivity index (χ1v) is 7.65. The van der Waals surface area contributed by atoms with Crippen LogP contribution in [0.2, 0.25) is 5.02 Å². The van der Waals surface area contributed by atoms with E-state index in [4.69, 9.17) is 11.6 Å². The first-order chi connectivity index (χ1) is 8.17. The highest BCUT2D eigenvalue weighted by Gasteiger charge is 2.14. The van der Waals surface area contributed by atoms with E-state index in [1.54, 1.807) is 0 Å². The van der Waals surface area contributed by atoms with Crippen molar-refractivity contribution in [2.75, 3.05) is 12.3 Å². The minimum atomic E-state index is 0.589. The van der Waals surface area contributed by atoms with Gasteiger partial charge in [-0.05, 0) is 36.7 Å². The van der Waals surface area contributed by atoms with Crippen LogP contribution in [-0.2, 0) is 0 Å². The number of thioether (sulfide) groups is 1. The Morgan fingerprint density at radius 3 is 2.41 bits per heavy atom. The maximum atomic E-state index is 5.88. The largest absolute Gasteiger partial charge is 0.313 e. The van der Waals surface area contributed by atoms with E-state index < -0.39 is 0 Å². The van der Waals surface area contributed by atoms with Crippen molar-refractivity contribution in [3.05, 3.63) is 29.3 Å². The molecule has 1 nitrogen and oxygen atoms in total. The molecular formula is C14H22ClNS. The summed E-state index contributed by atoms with van der Waals surface area (Å²) in [6, 6.07) is 8.68. The summed E-state index contributed by atoms with van der Waals surface area (Å²) in [5, 5.41) is 4.37. The zero-order valence-electron chi connectivity index (χ0n) is 10.9. The quantitative estimate of drug-likeness (QED) is 0.735. The lowest BCUT2D eigenvalue weighted by molar-refractivity contribution is 0.404. The van der Waals surface area contributed by atoms with Gasteiger partial charge in [0.2, 0.25) is 0 Å². The van der Waals surface area contributed by atoms with Crippen molar-refractivity contribution in [1.29, 1.82) is 0 Å². The molecule has 3 heteroatoms. The van der Waals surface area contributed by atoms with E-state index in [1.807, 2.05) is 23.9 Å². The molecule has 0 amide bonds. The second kappa shape index (κ2) is 8.02. The monoisotopic (exact) mass is 271 g/mol. The lowest BCUT2D eigenvalue weighted by atomic mass is 10.0. The molecule has 17 heavy (non-hydrogen) atoms. The minimum absolute atomic E-state index is 0.589.